The smallest absolute Gasteiger partial charge is 0.261 e. The highest BCUT2D eigenvalue weighted by Crippen LogP contribution is 2.30. The van der Waals surface area contributed by atoms with E-state index >= 15 is 0 Å². The number of furan rings is 1. The van der Waals surface area contributed by atoms with Gasteiger partial charge < -0.3 is 14.8 Å². The van der Waals surface area contributed by atoms with E-state index in [9.17, 15) is 9.90 Å². The van der Waals surface area contributed by atoms with Gasteiger partial charge in [0.1, 0.15) is 11.9 Å². The highest BCUT2D eigenvalue weighted by atomic mass is 32.1. The molecule has 0 saturated heterocycles. The van der Waals surface area contributed by atoms with Crippen molar-refractivity contribution in [3.05, 3.63) is 69.9 Å². The number of rotatable bonds is 5. The molecule has 25 heavy (non-hydrogen) atoms. The van der Waals surface area contributed by atoms with E-state index in [2.05, 4.69) is 5.32 Å². The first-order valence-electron chi connectivity index (χ1n) is 7.78. The summed E-state index contributed by atoms with van der Waals surface area (Å²) in [6, 6.07) is 15.4. The standard InChI is InChI=1S/C19H15NO3S2/c21-14(17-9-13(11-24-17)15-5-3-7-23-15)10-20-19(22)18-8-12-4-1-2-6-16(12)25-18/h1-9,11,14,21H,10H2,(H,20,22). The van der Waals surface area contributed by atoms with E-state index in [1.807, 2.05) is 53.9 Å². The molecule has 3 aromatic heterocycles. The molecule has 0 radical (unpaired) electrons. The average molecular weight is 369 g/mol. The summed E-state index contributed by atoms with van der Waals surface area (Å²) in [4.78, 5) is 13.8. The molecule has 0 aliphatic rings. The zero-order chi connectivity index (χ0) is 17.2. The van der Waals surface area contributed by atoms with E-state index in [1.54, 1.807) is 6.26 Å². The molecule has 0 spiro atoms. The number of aliphatic hydroxyl groups is 1. The topological polar surface area (TPSA) is 62.5 Å². The molecule has 4 rings (SSSR count). The number of nitrogens with one attached hydrogen (secondary N) is 1. The Balaban J connectivity index is 1.41. The van der Waals surface area contributed by atoms with Crippen LogP contribution in [0.15, 0.2) is 64.6 Å². The van der Waals surface area contributed by atoms with Crippen LogP contribution < -0.4 is 5.32 Å². The highest BCUT2D eigenvalue weighted by Gasteiger charge is 2.15. The van der Waals surface area contributed by atoms with E-state index in [-0.39, 0.29) is 12.5 Å². The average Bonchev–Trinajstić information content (AvgIpc) is 3.38. The number of thiophene rings is 2. The third kappa shape index (κ3) is 3.37. The molecular weight excluding hydrogens is 354 g/mol. The van der Waals surface area contributed by atoms with Crippen LogP contribution in [0.1, 0.15) is 20.7 Å². The zero-order valence-corrected chi connectivity index (χ0v) is 14.8. The fraction of sp³-hybridized carbons (Fsp3) is 0.105. The Morgan fingerprint density at radius 1 is 1.20 bits per heavy atom. The van der Waals surface area contributed by atoms with Crippen molar-refractivity contribution >= 4 is 38.7 Å². The number of benzene rings is 1. The first-order valence-corrected chi connectivity index (χ1v) is 9.47. The van der Waals surface area contributed by atoms with E-state index in [0.29, 0.717) is 4.88 Å². The van der Waals surface area contributed by atoms with Gasteiger partial charge in [0.25, 0.3) is 5.91 Å². The van der Waals surface area contributed by atoms with Crippen LogP contribution in [0.3, 0.4) is 0 Å². The second-order valence-corrected chi connectivity index (χ2v) is 7.62. The maximum Gasteiger partial charge on any atom is 0.261 e. The van der Waals surface area contributed by atoms with Gasteiger partial charge in [0.2, 0.25) is 0 Å². The maximum absolute atomic E-state index is 12.3. The highest BCUT2D eigenvalue weighted by molar-refractivity contribution is 7.20. The van der Waals surface area contributed by atoms with Crippen LogP contribution in [0.4, 0.5) is 0 Å². The van der Waals surface area contributed by atoms with Crippen LogP contribution in [0.25, 0.3) is 21.4 Å². The number of hydrogen-bond acceptors (Lipinski definition) is 5. The first kappa shape index (κ1) is 16.1. The van der Waals surface area contributed by atoms with Gasteiger partial charge in [-0.2, -0.15) is 0 Å². The quantitative estimate of drug-likeness (QED) is 0.537. The van der Waals surface area contributed by atoms with Crippen molar-refractivity contribution in [3.63, 3.8) is 0 Å². The first-order chi connectivity index (χ1) is 12.2. The van der Waals surface area contributed by atoms with E-state index < -0.39 is 6.10 Å². The molecule has 4 aromatic rings. The minimum absolute atomic E-state index is 0.164. The summed E-state index contributed by atoms with van der Waals surface area (Å²) in [7, 11) is 0. The van der Waals surface area contributed by atoms with E-state index in [4.69, 9.17) is 4.42 Å². The summed E-state index contributed by atoms with van der Waals surface area (Å²) >= 11 is 2.90. The molecule has 1 amide bonds. The Bertz CT molecular complexity index is 968. The Kier molecular flexibility index (Phi) is 4.40. The van der Waals surface area contributed by atoms with Crippen LogP contribution in [-0.4, -0.2) is 17.6 Å². The van der Waals surface area contributed by atoms with Crippen molar-refractivity contribution in [2.24, 2.45) is 0 Å². The molecule has 2 N–H and O–H groups in total. The van der Waals surface area contributed by atoms with Crippen molar-refractivity contribution in [3.8, 4) is 11.3 Å². The minimum Gasteiger partial charge on any atom is -0.464 e. The molecule has 0 bridgehead atoms. The Morgan fingerprint density at radius 3 is 2.88 bits per heavy atom. The monoisotopic (exact) mass is 369 g/mol. The molecule has 0 aliphatic heterocycles. The maximum atomic E-state index is 12.3. The van der Waals surface area contributed by atoms with E-state index in [0.717, 1.165) is 26.3 Å². The number of aliphatic hydroxyl groups excluding tert-OH is 1. The Labute approximate surface area is 152 Å². The molecule has 6 heteroatoms. The Hall–Kier alpha value is -2.41. The van der Waals surface area contributed by atoms with Gasteiger partial charge >= 0.3 is 0 Å². The molecule has 0 saturated carbocycles. The summed E-state index contributed by atoms with van der Waals surface area (Å²) in [5.41, 5.74) is 0.930. The van der Waals surface area contributed by atoms with Gasteiger partial charge in [-0.05, 0) is 35.7 Å². The van der Waals surface area contributed by atoms with Crippen LogP contribution in [0.5, 0.6) is 0 Å². The lowest BCUT2D eigenvalue weighted by Crippen LogP contribution is -2.27. The fourth-order valence-electron chi connectivity index (χ4n) is 2.57. The lowest BCUT2D eigenvalue weighted by atomic mass is 10.2. The summed E-state index contributed by atoms with van der Waals surface area (Å²) in [6.07, 6.45) is 0.876. The Morgan fingerprint density at radius 2 is 2.08 bits per heavy atom. The predicted molar refractivity (Wildman–Crippen MR) is 101 cm³/mol. The second-order valence-electron chi connectivity index (χ2n) is 5.59. The lowest BCUT2D eigenvalue weighted by molar-refractivity contribution is 0.0922. The van der Waals surface area contributed by atoms with Gasteiger partial charge in [0, 0.05) is 27.1 Å². The van der Waals surface area contributed by atoms with Crippen LogP contribution in [-0.2, 0) is 0 Å². The molecule has 0 fully saturated rings. The number of carbonyl (C=O) groups excluding carboxylic acids is 1. The molecule has 1 unspecified atom stereocenters. The fourth-order valence-corrected chi connectivity index (χ4v) is 4.43. The third-order valence-corrected chi connectivity index (χ3v) is 6.01. The second kappa shape index (κ2) is 6.84. The summed E-state index contributed by atoms with van der Waals surface area (Å²) in [5.74, 6) is 0.604. The summed E-state index contributed by atoms with van der Waals surface area (Å²) < 4.78 is 6.43. The molecular formula is C19H15NO3S2. The van der Waals surface area contributed by atoms with Crippen molar-refractivity contribution < 1.29 is 14.3 Å². The van der Waals surface area contributed by atoms with Crippen molar-refractivity contribution in [1.82, 2.24) is 5.32 Å². The van der Waals surface area contributed by atoms with Crippen molar-refractivity contribution in [2.75, 3.05) is 6.54 Å². The molecule has 0 aliphatic carbocycles. The van der Waals surface area contributed by atoms with Gasteiger partial charge in [-0.25, -0.2) is 0 Å². The number of hydrogen-bond donors (Lipinski definition) is 2. The summed E-state index contributed by atoms with van der Waals surface area (Å²) in [6.45, 7) is 0.172. The number of fused-ring (bicyclic) bond motifs is 1. The van der Waals surface area contributed by atoms with Crippen molar-refractivity contribution in [2.45, 2.75) is 6.10 Å². The SMILES string of the molecule is O=C(NCC(O)c1cc(-c2ccco2)cs1)c1cc2ccccc2s1. The normalized spacial score (nSPS) is 12.4. The molecule has 126 valence electrons. The minimum atomic E-state index is -0.743. The molecule has 4 nitrogen and oxygen atoms in total. The van der Waals surface area contributed by atoms with Gasteiger partial charge in [-0.1, -0.05) is 18.2 Å². The third-order valence-electron chi connectivity index (χ3n) is 3.86. The van der Waals surface area contributed by atoms with Gasteiger partial charge in [-0.15, -0.1) is 22.7 Å². The predicted octanol–water partition coefficient (Wildman–Crippen LogP) is 4.69. The number of amides is 1. The molecule has 1 atom stereocenters. The van der Waals surface area contributed by atoms with Gasteiger partial charge in [0.05, 0.1) is 11.1 Å². The zero-order valence-electron chi connectivity index (χ0n) is 13.1. The van der Waals surface area contributed by atoms with Crippen LogP contribution >= 0.6 is 22.7 Å². The van der Waals surface area contributed by atoms with Crippen molar-refractivity contribution in [1.29, 1.82) is 0 Å². The largest absolute Gasteiger partial charge is 0.464 e. The summed E-state index contributed by atoms with van der Waals surface area (Å²) in [5, 5.41) is 16.1. The van der Waals surface area contributed by atoms with E-state index in [1.165, 1.54) is 22.7 Å². The van der Waals surface area contributed by atoms with Gasteiger partial charge in [-0.3, -0.25) is 4.79 Å². The molecule has 3 heterocycles. The number of carbonyl (C=O) groups is 1. The lowest BCUT2D eigenvalue weighted by Gasteiger charge is -2.09. The van der Waals surface area contributed by atoms with Gasteiger partial charge in [0.15, 0.2) is 0 Å². The molecule has 1 aromatic carbocycles. The van der Waals surface area contributed by atoms with Crippen LogP contribution in [0, 0.1) is 0 Å². The van der Waals surface area contributed by atoms with Crippen LogP contribution in [0.2, 0.25) is 0 Å².